The summed E-state index contributed by atoms with van der Waals surface area (Å²) in [7, 11) is 0. The van der Waals surface area contributed by atoms with E-state index in [1.807, 2.05) is 19.1 Å². The summed E-state index contributed by atoms with van der Waals surface area (Å²) in [6, 6.07) is 6.10. The Hall–Kier alpha value is -1.60. The van der Waals surface area contributed by atoms with E-state index in [0.717, 1.165) is 24.5 Å². The van der Waals surface area contributed by atoms with Crippen LogP contribution >= 0.6 is 0 Å². The molecule has 1 aromatic heterocycles. The largest absolute Gasteiger partial charge is 0.356 e. The average Bonchev–Trinajstić information content (AvgIpc) is 2.30. The molecule has 0 fully saturated rings. The predicted molar refractivity (Wildman–Crippen MR) is 65.0 cm³/mol. The monoisotopic (exact) mass is 218 g/mol. The molecule has 1 atom stereocenters. The molecule has 0 saturated heterocycles. The number of rotatable bonds is 5. The third kappa shape index (κ3) is 3.21. The van der Waals surface area contributed by atoms with Gasteiger partial charge in [-0.05, 0) is 25.5 Å². The smallest absolute Gasteiger partial charge is 0.128 e. The molecule has 0 aliphatic heterocycles. The van der Waals surface area contributed by atoms with Gasteiger partial charge in [0.2, 0.25) is 0 Å². The van der Waals surface area contributed by atoms with E-state index in [-0.39, 0.29) is 6.04 Å². The molecule has 4 heteroatoms. The van der Waals surface area contributed by atoms with Gasteiger partial charge < -0.3 is 10.6 Å². The van der Waals surface area contributed by atoms with E-state index in [2.05, 4.69) is 22.9 Å². The molecule has 0 aromatic carbocycles. The second kappa shape index (κ2) is 6.09. The van der Waals surface area contributed by atoms with Crippen LogP contribution < -0.4 is 10.6 Å². The maximum Gasteiger partial charge on any atom is 0.128 e. The van der Waals surface area contributed by atoms with E-state index >= 15 is 0 Å². The van der Waals surface area contributed by atoms with Gasteiger partial charge in [0.15, 0.2) is 0 Å². The molecule has 1 aromatic rings. The first kappa shape index (κ1) is 12.5. The van der Waals surface area contributed by atoms with Crippen LogP contribution in [0.3, 0.4) is 0 Å². The maximum absolute atomic E-state index is 8.56. The van der Waals surface area contributed by atoms with Crippen molar-refractivity contribution in [2.24, 2.45) is 5.73 Å². The van der Waals surface area contributed by atoms with Crippen LogP contribution in [0.4, 0.5) is 5.82 Å². The van der Waals surface area contributed by atoms with Crippen LogP contribution in [-0.2, 0) is 0 Å². The van der Waals surface area contributed by atoms with Gasteiger partial charge in [-0.1, -0.05) is 6.07 Å². The number of nitrogens with two attached hydrogens (primary N) is 1. The molecule has 0 bridgehead atoms. The highest BCUT2D eigenvalue weighted by Crippen LogP contribution is 2.14. The highest BCUT2D eigenvalue weighted by atomic mass is 15.2. The first-order valence-corrected chi connectivity index (χ1v) is 5.52. The molecule has 0 saturated carbocycles. The molecule has 0 radical (unpaired) electrons. The summed E-state index contributed by atoms with van der Waals surface area (Å²) >= 11 is 0. The van der Waals surface area contributed by atoms with E-state index in [1.54, 1.807) is 6.20 Å². The van der Waals surface area contributed by atoms with Crippen molar-refractivity contribution in [3.8, 4) is 6.07 Å². The van der Waals surface area contributed by atoms with E-state index in [1.165, 1.54) is 0 Å². The summed E-state index contributed by atoms with van der Waals surface area (Å²) in [4.78, 5) is 6.44. The summed E-state index contributed by atoms with van der Waals surface area (Å²) in [6.45, 7) is 5.56. The average molecular weight is 218 g/mol. The Bertz CT molecular complexity index is 350. The van der Waals surface area contributed by atoms with Gasteiger partial charge in [0.05, 0.1) is 12.5 Å². The third-order valence-electron chi connectivity index (χ3n) is 2.50. The molecule has 2 N–H and O–H groups in total. The number of pyridine rings is 1. The number of aromatic nitrogens is 1. The Morgan fingerprint density at radius 1 is 1.56 bits per heavy atom. The summed E-state index contributed by atoms with van der Waals surface area (Å²) in [5, 5.41) is 8.56. The molecule has 0 aliphatic carbocycles. The second-order valence-corrected chi connectivity index (χ2v) is 3.73. The molecule has 1 unspecified atom stereocenters. The van der Waals surface area contributed by atoms with E-state index < -0.39 is 0 Å². The minimum atomic E-state index is 0.00994. The van der Waals surface area contributed by atoms with Crippen molar-refractivity contribution < 1.29 is 0 Å². The van der Waals surface area contributed by atoms with Gasteiger partial charge in [-0.25, -0.2) is 4.98 Å². The Labute approximate surface area is 96.7 Å². The lowest BCUT2D eigenvalue weighted by molar-refractivity contribution is 0.791. The topological polar surface area (TPSA) is 65.9 Å². The number of hydrogen-bond acceptors (Lipinski definition) is 4. The Kier molecular flexibility index (Phi) is 4.74. The second-order valence-electron chi connectivity index (χ2n) is 3.73. The molecule has 1 heterocycles. The van der Waals surface area contributed by atoms with E-state index in [4.69, 9.17) is 11.0 Å². The summed E-state index contributed by atoms with van der Waals surface area (Å²) in [5.74, 6) is 0.905. The van der Waals surface area contributed by atoms with Crippen LogP contribution in [-0.4, -0.2) is 18.1 Å². The van der Waals surface area contributed by atoms with Crippen molar-refractivity contribution in [3.05, 3.63) is 23.9 Å². The summed E-state index contributed by atoms with van der Waals surface area (Å²) in [5.41, 5.74) is 6.78. The van der Waals surface area contributed by atoms with Gasteiger partial charge in [-0.3, -0.25) is 0 Å². The predicted octanol–water partition coefficient (Wildman–Crippen LogP) is 1.84. The third-order valence-corrected chi connectivity index (χ3v) is 2.50. The van der Waals surface area contributed by atoms with Gasteiger partial charge >= 0.3 is 0 Å². The zero-order valence-corrected chi connectivity index (χ0v) is 9.85. The number of nitriles is 1. The standard InChI is InChI=1S/C12H18N4/c1-3-16(8-4-7-13)12-6-5-11(9-15-12)10(2)14/h5-6,9-10H,3-4,8,14H2,1-2H3. The quantitative estimate of drug-likeness (QED) is 0.819. The van der Waals surface area contributed by atoms with Gasteiger partial charge in [-0.15, -0.1) is 0 Å². The highest BCUT2D eigenvalue weighted by Gasteiger charge is 2.06. The fourth-order valence-electron chi connectivity index (χ4n) is 1.47. The number of anilines is 1. The highest BCUT2D eigenvalue weighted by molar-refractivity contribution is 5.39. The van der Waals surface area contributed by atoms with Crippen molar-refractivity contribution in [1.29, 1.82) is 5.26 Å². The van der Waals surface area contributed by atoms with Crippen molar-refractivity contribution in [1.82, 2.24) is 4.98 Å². The first-order valence-electron chi connectivity index (χ1n) is 5.52. The van der Waals surface area contributed by atoms with Gasteiger partial charge in [0, 0.05) is 25.3 Å². The molecule has 0 aliphatic rings. The Morgan fingerprint density at radius 3 is 2.75 bits per heavy atom. The lowest BCUT2D eigenvalue weighted by Gasteiger charge is -2.20. The first-order chi connectivity index (χ1) is 7.69. The van der Waals surface area contributed by atoms with Crippen molar-refractivity contribution in [2.45, 2.75) is 26.3 Å². The number of hydrogen-bond donors (Lipinski definition) is 1. The van der Waals surface area contributed by atoms with Crippen LogP contribution in [0.2, 0.25) is 0 Å². The Morgan fingerprint density at radius 2 is 2.31 bits per heavy atom. The minimum absolute atomic E-state index is 0.00994. The number of nitrogens with zero attached hydrogens (tertiary/aromatic N) is 3. The van der Waals surface area contributed by atoms with Crippen LogP contribution in [0.1, 0.15) is 31.9 Å². The van der Waals surface area contributed by atoms with E-state index in [9.17, 15) is 0 Å². The molecule has 1 rings (SSSR count). The van der Waals surface area contributed by atoms with Gasteiger partial charge in [-0.2, -0.15) is 5.26 Å². The van der Waals surface area contributed by atoms with Crippen molar-refractivity contribution in [2.75, 3.05) is 18.0 Å². The zero-order valence-electron chi connectivity index (χ0n) is 9.85. The summed E-state index contributed by atoms with van der Waals surface area (Å²) in [6.07, 6.45) is 2.32. The van der Waals surface area contributed by atoms with Crippen molar-refractivity contribution >= 4 is 5.82 Å². The molecule has 86 valence electrons. The van der Waals surface area contributed by atoms with Crippen LogP contribution in [0, 0.1) is 11.3 Å². The normalized spacial score (nSPS) is 11.9. The van der Waals surface area contributed by atoms with Gasteiger partial charge in [0.1, 0.15) is 5.82 Å². The fraction of sp³-hybridized carbons (Fsp3) is 0.500. The van der Waals surface area contributed by atoms with Crippen LogP contribution in [0.5, 0.6) is 0 Å². The lowest BCUT2D eigenvalue weighted by atomic mass is 10.1. The zero-order chi connectivity index (χ0) is 12.0. The molecule has 4 nitrogen and oxygen atoms in total. The molecule has 0 spiro atoms. The minimum Gasteiger partial charge on any atom is -0.356 e. The molecule has 0 amide bonds. The van der Waals surface area contributed by atoms with Crippen molar-refractivity contribution in [3.63, 3.8) is 0 Å². The maximum atomic E-state index is 8.56. The SMILES string of the molecule is CCN(CCC#N)c1ccc(C(C)N)cn1. The Balaban J connectivity index is 2.75. The van der Waals surface area contributed by atoms with E-state index in [0.29, 0.717) is 6.42 Å². The molecular formula is C12H18N4. The summed E-state index contributed by atoms with van der Waals surface area (Å²) < 4.78 is 0. The lowest BCUT2D eigenvalue weighted by Crippen LogP contribution is -2.24. The fourth-order valence-corrected chi connectivity index (χ4v) is 1.47. The van der Waals surface area contributed by atoms with Crippen LogP contribution in [0.15, 0.2) is 18.3 Å². The molecule has 16 heavy (non-hydrogen) atoms. The van der Waals surface area contributed by atoms with Gasteiger partial charge in [0.25, 0.3) is 0 Å². The molecular weight excluding hydrogens is 200 g/mol. The van der Waals surface area contributed by atoms with Crippen LogP contribution in [0.25, 0.3) is 0 Å².